The van der Waals surface area contributed by atoms with Gasteiger partial charge in [0.1, 0.15) is 0 Å². The standard InChI is InChI=1S/C42H76N2/c1-29-7-17-37(18-8-29)43(38-19-9-30(2)10-20-38)41-25-15-35(27-33(41)5)36-16-26-42(34(6)28-36)44(39-21-11-31(3)12-22-39)40-23-13-32(4)14-24-40/h29-42H,7-28H2,1-6H3. The fraction of sp³-hybridized carbons (Fsp3) is 1.00. The minimum Gasteiger partial charge on any atom is -0.294 e. The zero-order valence-electron chi connectivity index (χ0n) is 30.5. The van der Waals surface area contributed by atoms with Gasteiger partial charge < -0.3 is 0 Å². The normalized spacial score (nSPS) is 48.0. The molecule has 6 aliphatic rings. The van der Waals surface area contributed by atoms with Gasteiger partial charge in [0.2, 0.25) is 0 Å². The van der Waals surface area contributed by atoms with Gasteiger partial charge >= 0.3 is 0 Å². The summed E-state index contributed by atoms with van der Waals surface area (Å²) in [4.78, 5) is 6.46. The lowest BCUT2D eigenvalue weighted by atomic mass is 9.65. The first kappa shape index (κ1) is 33.8. The predicted octanol–water partition coefficient (Wildman–Crippen LogP) is 11.5. The van der Waals surface area contributed by atoms with E-state index >= 15 is 0 Å². The molecule has 0 N–H and O–H groups in total. The third-order valence-corrected chi connectivity index (χ3v) is 15.4. The molecule has 0 radical (unpaired) electrons. The van der Waals surface area contributed by atoms with Gasteiger partial charge in [0.05, 0.1) is 0 Å². The van der Waals surface area contributed by atoms with E-state index in [1.54, 1.807) is 0 Å². The van der Waals surface area contributed by atoms with E-state index in [0.29, 0.717) is 0 Å². The van der Waals surface area contributed by atoms with Crippen molar-refractivity contribution >= 4 is 0 Å². The number of nitrogens with zero attached hydrogens (tertiary/aromatic N) is 2. The maximum absolute atomic E-state index is 3.23. The highest BCUT2D eigenvalue weighted by molar-refractivity contribution is 4.98. The van der Waals surface area contributed by atoms with Crippen LogP contribution in [0.25, 0.3) is 0 Å². The van der Waals surface area contributed by atoms with Gasteiger partial charge in [0.25, 0.3) is 0 Å². The Morgan fingerprint density at radius 3 is 0.773 bits per heavy atom. The molecule has 0 aromatic carbocycles. The van der Waals surface area contributed by atoms with Crippen molar-refractivity contribution in [3.8, 4) is 0 Å². The Morgan fingerprint density at radius 2 is 0.545 bits per heavy atom. The van der Waals surface area contributed by atoms with Gasteiger partial charge in [-0.3, -0.25) is 9.80 Å². The summed E-state index contributed by atoms with van der Waals surface area (Å²) < 4.78 is 0. The summed E-state index contributed by atoms with van der Waals surface area (Å²) in [7, 11) is 0. The second kappa shape index (κ2) is 15.4. The molecule has 0 amide bonds. The van der Waals surface area contributed by atoms with Crippen molar-refractivity contribution in [2.24, 2.45) is 47.3 Å². The molecular weight excluding hydrogens is 532 g/mol. The van der Waals surface area contributed by atoms with Crippen molar-refractivity contribution in [1.82, 2.24) is 9.80 Å². The van der Waals surface area contributed by atoms with Crippen LogP contribution in [0.3, 0.4) is 0 Å². The van der Waals surface area contributed by atoms with Gasteiger partial charge in [-0.15, -0.1) is 0 Å². The molecule has 2 nitrogen and oxygen atoms in total. The molecule has 6 fully saturated rings. The van der Waals surface area contributed by atoms with Crippen LogP contribution in [0.15, 0.2) is 0 Å². The Morgan fingerprint density at radius 1 is 0.295 bits per heavy atom. The Balaban J connectivity index is 1.08. The van der Waals surface area contributed by atoms with E-state index in [9.17, 15) is 0 Å². The molecule has 6 unspecified atom stereocenters. The summed E-state index contributed by atoms with van der Waals surface area (Å²) in [5.41, 5.74) is 0. The van der Waals surface area contributed by atoms with Crippen molar-refractivity contribution < 1.29 is 0 Å². The third kappa shape index (κ3) is 7.96. The second-order valence-corrected chi connectivity index (χ2v) is 18.8. The molecule has 0 saturated heterocycles. The minimum absolute atomic E-state index is 0.870. The van der Waals surface area contributed by atoms with Crippen LogP contribution in [0.2, 0.25) is 0 Å². The van der Waals surface area contributed by atoms with Crippen LogP contribution in [0.1, 0.15) is 183 Å². The van der Waals surface area contributed by atoms with Crippen LogP contribution in [0.5, 0.6) is 0 Å². The van der Waals surface area contributed by atoms with Crippen LogP contribution >= 0.6 is 0 Å². The molecule has 0 bridgehead atoms. The van der Waals surface area contributed by atoms with Crippen molar-refractivity contribution in [2.75, 3.05) is 0 Å². The molecule has 6 atom stereocenters. The molecule has 6 saturated carbocycles. The highest BCUT2D eigenvalue weighted by Crippen LogP contribution is 2.48. The zero-order valence-corrected chi connectivity index (χ0v) is 30.5. The lowest BCUT2D eigenvalue weighted by Gasteiger charge is -2.54. The summed E-state index contributed by atoms with van der Waals surface area (Å²) in [6, 6.07) is 5.30. The van der Waals surface area contributed by atoms with E-state index in [4.69, 9.17) is 0 Å². The monoisotopic (exact) mass is 609 g/mol. The molecule has 44 heavy (non-hydrogen) atoms. The van der Waals surface area contributed by atoms with Gasteiger partial charge in [0, 0.05) is 36.3 Å². The Bertz CT molecular complexity index is 724. The van der Waals surface area contributed by atoms with Crippen LogP contribution in [0.4, 0.5) is 0 Å². The molecule has 2 heteroatoms. The summed E-state index contributed by atoms with van der Waals surface area (Å²) in [6.45, 7) is 15.4. The highest BCUT2D eigenvalue weighted by Gasteiger charge is 2.45. The van der Waals surface area contributed by atoms with Crippen molar-refractivity contribution in [2.45, 2.75) is 219 Å². The SMILES string of the molecule is CC1CCC(N(C2CCC(C)CC2)C2CCC(C3CCC(N(C4CCC(C)CC4)C4CCC(C)CC4)C(C)C3)CC2C)CC1. The second-order valence-electron chi connectivity index (χ2n) is 18.8. The summed E-state index contributed by atoms with van der Waals surface area (Å²) in [6.07, 6.45) is 32.8. The van der Waals surface area contributed by atoms with Gasteiger partial charge in [-0.2, -0.15) is 0 Å². The first-order valence-corrected chi connectivity index (χ1v) is 20.8. The molecule has 0 spiro atoms. The molecule has 0 heterocycles. The summed E-state index contributed by atoms with van der Waals surface area (Å²) in [5.74, 6) is 7.64. The topological polar surface area (TPSA) is 6.48 Å². The van der Waals surface area contributed by atoms with Crippen LogP contribution in [-0.2, 0) is 0 Å². The van der Waals surface area contributed by atoms with Gasteiger partial charge in [-0.25, -0.2) is 0 Å². The van der Waals surface area contributed by atoms with Crippen LogP contribution in [-0.4, -0.2) is 46.1 Å². The fourth-order valence-corrected chi connectivity index (χ4v) is 12.4. The van der Waals surface area contributed by atoms with Crippen molar-refractivity contribution in [1.29, 1.82) is 0 Å². The van der Waals surface area contributed by atoms with E-state index in [1.807, 2.05) is 0 Å². The molecule has 0 aromatic rings. The largest absolute Gasteiger partial charge is 0.294 e. The zero-order chi connectivity index (χ0) is 30.8. The molecule has 6 aliphatic carbocycles. The number of rotatable bonds is 7. The molecule has 254 valence electrons. The van der Waals surface area contributed by atoms with E-state index in [-0.39, 0.29) is 0 Å². The van der Waals surface area contributed by atoms with Crippen LogP contribution in [0, 0.1) is 47.3 Å². The van der Waals surface area contributed by atoms with E-state index in [1.165, 1.54) is 141 Å². The van der Waals surface area contributed by atoms with Crippen molar-refractivity contribution in [3.63, 3.8) is 0 Å². The van der Waals surface area contributed by atoms with E-state index in [0.717, 1.165) is 83.6 Å². The maximum Gasteiger partial charge on any atom is 0.0127 e. The minimum atomic E-state index is 0.870. The van der Waals surface area contributed by atoms with Gasteiger partial charge in [-0.05, 0) is 189 Å². The van der Waals surface area contributed by atoms with E-state index < -0.39 is 0 Å². The van der Waals surface area contributed by atoms with E-state index in [2.05, 4.69) is 51.3 Å². The smallest absolute Gasteiger partial charge is 0.0127 e. The summed E-state index contributed by atoms with van der Waals surface area (Å²) >= 11 is 0. The lowest BCUT2D eigenvalue weighted by Crippen LogP contribution is -2.56. The number of hydrogen-bond donors (Lipinski definition) is 0. The lowest BCUT2D eigenvalue weighted by molar-refractivity contribution is -0.0397. The van der Waals surface area contributed by atoms with Crippen LogP contribution < -0.4 is 0 Å². The van der Waals surface area contributed by atoms with Gasteiger partial charge in [0.15, 0.2) is 0 Å². The summed E-state index contributed by atoms with van der Waals surface area (Å²) in [5, 5.41) is 0. The Labute approximate surface area is 275 Å². The van der Waals surface area contributed by atoms with Crippen molar-refractivity contribution in [3.05, 3.63) is 0 Å². The Hall–Kier alpha value is -0.0800. The average molecular weight is 609 g/mol. The number of hydrogen-bond acceptors (Lipinski definition) is 2. The Kier molecular flexibility index (Phi) is 11.9. The molecule has 0 aliphatic heterocycles. The third-order valence-electron chi connectivity index (χ3n) is 15.4. The predicted molar refractivity (Wildman–Crippen MR) is 190 cm³/mol. The molecule has 6 rings (SSSR count). The fourth-order valence-electron chi connectivity index (χ4n) is 12.4. The quantitative estimate of drug-likeness (QED) is 0.284. The molecular formula is C42H76N2. The maximum atomic E-state index is 3.23. The average Bonchev–Trinajstić information content (AvgIpc) is 3.02. The highest BCUT2D eigenvalue weighted by atomic mass is 15.2. The molecule has 0 aromatic heterocycles. The first-order valence-electron chi connectivity index (χ1n) is 20.8. The first-order chi connectivity index (χ1) is 21.3. The van der Waals surface area contributed by atoms with Gasteiger partial charge in [-0.1, -0.05) is 41.5 Å².